The minimum Gasteiger partial charge on any atom is -0.493 e. The zero-order chi connectivity index (χ0) is 24.6. The average Bonchev–Trinajstić information content (AvgIpc) is 2.89. The van der Waals surface area contributed by atoms with E-state index in [-0.39, 0.29) is 24.5 Å². The molecule has 9 heteroatoms. The van der Waals surface area contributed by atoms with E-state index in [1.165, 1.54) is 0 Å². The van der Waals surface area contributed by atoms with Gasteiger partial charge < -0.3 is 29.6 Å². The number of carbonyl (C=O) groups is 2. The van der Waals surface area contributed by atoms with Crippen molar-refractivity contribution in [3.8, 4) is 17.2 Å². The lowest BCUT2D eigenvalue weighted by atomic mass is 10.0. The molecule has 1 saturated heterocycles. The summed E-state index contributed by atoms with van der Waals surface area (Å²) in [5, 5.41) is 5.86. The molecular weight excluding hydrogens is 450 g/mol. The van der Waals surface area contributed by atoms with Crippen molar-refractivity contribution in [2.45, 2.75) is 25.8 Å². The highest BCUT2D eigenvalue weighted by molar-refractivity contribution is 5.94. The van der Waals surface area contributed by atoms with Gasteiger partial charge in [0.05, 0.1) is 33.0 Å². The summed E-state index contributed by atoms with van der Waals surface area (Å²) >= 11 is 0. The van der Waals surface area contributed by atoms with Crippen molar-refractivity contribution >= 4 is 17.5 Å². The number of methoxy groups -OCH3 is 1. The van der Waals surface area contributed by atoms with Gasteiger partial charge in [-0.15, -0.1) is 0 Å². The Hall–Kier alpha value is -3.30. The van der Waals surface area contributed by atoms with E-state index in [0.717, 1.165) is 29.9 Å². The molecule has 0 saturated carbocycles. The summed E-state index contributed by atoms with van der Waals surface area (Å²) in [6.07, 6.45) is 1.12. The molecule has 2 aromatic carbocycles. The van der Waals surface area contributed by atoms with Gasteiger partial charge in [0.25, 0.3) is 5.91 Å². The van der Waals surface area contributed by atoms with E-state index >= 15 is 0 Å². The first-order valence-corrected chi connectivity index (χ1v) is 12.0. The number of ether oxygens (including phenoxy) is 4. The highest BCUT2D eigenvalue weighted by atomic mass is 16.5. The molecular formula is C26H33N3O6. The molecule has 188 valence electrons. The van der Waals surface area contributed by atoms with Crippen LogP contribution in [0.4, 0.5) is 5.69 Å². The Morgan fingerprint density at radius 3 is 2.71 bits per heavy atom. The van der Waals surface area contributed by atoms with Gasteiger partial charge in [0.1, 0.15) is 5.75 Å². The topological polar surface area (TPSA) is 98.4 Å². The van der Waals surface area contributed by atoms with Crippen molar-refractivity contribution in [2.24, 2.45) is 0 Å². The van der Waals surface area contributed by atoms with E-state index < -0.39 is 0 Å². The average molecular weight is 484 g/mol. The predicted octanol–water partition coefficient (Wildman–Crippen LogP) is 2.55. The van der Waals surface area contributed by atoms with Crippen LogP contribution in [0.3, 0.4) is 0 Å². The van der Waals surface area contributed by atoms with Crippen LogP contribution in [0, 0.1) is 0 Å². The van der Waals surface area contributed by atoms with Crippen LogP contribution >= 0.6 is 0 Å². The van der Waals surface area contributed by atoms with Crippen LogP contribution in [0.5, 0.6) is 17.2 Å². The second-order valence-electron chi connectivity index (χ2n) is 8.47. The lowest BCUT2D eigenvalue weighted by molar-refractivity contribution is -0.123. The van der Waals surface area contributed by atoms with Crippen LogP contribution in [0.15, 0.2) is 36.4 Å². The third kappa shape index (κ3) is 6.43. The molecule has 0 bridgehead atoms. The third-order valence-corrected chi connectivity index (χ3v) is 6.19. The Morgan fingerprint density at radius 2 is 1.94 bits per heavy atom. The summed E-state index contributed by atoms with van der Waals surface area (Å²) < 4.78 is 22.4. The number of aryl methyl sites for hydroxylation is 1. The van der Waals surface area contributed by atoms with E-state index in [0.29, 0.717) is 56.5 Å². The van der Waals surface area contributed by atoms with Gasteiger partial charge in [-0.2, -0.15) is 0 Å². The molecule has 35 heavy (non-hydrogen) atoms. The van der Waals surface area contributed by atoms with Crippen molar-refractivity contribution in [3.63, 3.8) is 0 Å². The van der Waals surface area contributed by atoms with Crippen molar-refractivity contribution in [1.82, 2.24) is 10.2 Å². The van der Waals surface area contributed by atoms with E-state index in [1.807, 2.05) is 37.3 Å². The van der Waals surface area contributed by atoms with Gasteiger partial charge in [-0.25, -0.2) is 0 Å². The Balaban J connectivity index is 1.38. The number of nitrogens with zero attached hydrogens (tertiary/aromatic N) is 1. The number of carbonyl (C=O) groups excluding carboxylic acids is 2. The maximum atomic E-state index is 12.6. The summed E-state index contributed by atoms with van der Waals surface area (Å²) in [4.78, 5) is 26.5. The zero-order valence-corrected chi connectivity index (χ0v) is 20.3. The standard InChI is InChI=1S/C26H33N3O6/c1-3-34-23-8-4-19(15-24(23)32-2)22(29-10-12-33-13-11-29)16-27-26(31)17-35-20-6-7-21-18(14-20)5-9-25(30)28-21/h4,6-8,14-15,22H,3,5,9-13,16-17H2,1-2H3,(H,27,31)(H,28,30). The molecule has 2 heterocycles. The first kappa shape index (κ1) is 24.8. The number of nitrogens with one attached hydrogen (secondary N) is 2. The monoisotopic (exact) mass is 483 g/mol. The molecule has 2 aliphatic heterocycles. The largest absolute Gasteiger partial charge is 0.493 e. The third-order valence-electron chi connectivity index (χ3n) is 6.19. The summed E-state index contributed by atoms with van der Waals surface area (Å²) in [7, 11) is 1.62. The van der Waals surface area contributed by atoms with Crippen molar-refractivity contribution < 1.29 is 28.5 Å². The van der Waals surface area contributed by atoms with Crippen LogP contribution in [-0.2, 0) is 20.7 Å². The van der Waals surface area contributed by atoms with Crippen LogP contribution in [-0.4, -0.2) is 69.9 Å². The van der Waals surface area contributed by atoms with Gasteiger partial charge >= 0.3 is 0 Å². The summed E-state index contributed by atoms with van der Waals surface area (Å²) in [6.45, 7) is 5.68. The second-order valence-corrected chi connectivity index (χ2v) is 8.47. The Kier molecular flexibility index (Phi) is 8.44. The smallest absolute Gasteiger partial charge is 0.258 e. The molecule has 9 nitrogen and oxygen atoms in total. The summed E-state index contributed by atoms with van der Waals surface area (Å²) in [6, 6.07) is 11.3. The van der Waals surface area contributed by atoms with Crippen LogP contribution in [0.25, 0.3) is 0 Å². The maximum Gasteiger partial charge on any atom is 0.258 e. The normalized spacial score (nSPS) is 16.6. The van der Waals surface area contributed by atoms with Gasteiger partial charge in [0.15, 0.2) is 18.1 Å². The molecule has 0 spiro atoms. The molecule has 1 fully saturated rings. The molecule has 4 rings (SSSR count). The van der Waals surface area contributed by atoms with Crippen molar-refractivity contribution in [3.05, 3.63) is 47.5 Å². The van der Waals surface area contributed by atoms with Gasteiger partial charge in [-0.05, 0) is 54.8 Å². The fraction of sp³-hybridized carbons (Fsp3) is 0.462. The molecule has 2 aliphatic rings. The van der Waals surface area contributed by atoms with Gasteiger partial charge in [-0.1, -0.05) is 6.07 Å². The van der Waals surface area contributed by atoms with Crippen molar-refractivity contribution in [2.75, 3.05) is 58.5 Å². The zero-order valence-electron chi connectivity index (χ0n) is 20.3. The minimum absolute atomic E-state index is 0.0190. The van der Waals surface area contributed by atoms with Gasteiger partial charge in [0.2, 0.25) is 5.91 Å². The quantitative estimate of drug-likeness (QED) is 0.536. The Bertz CT molecular complexity index is 1040. The minimum atomic E-state index is -0.202. The molecule has 1 atom stereocenters. The molecule has 1 unspecified atom stereocenters. The first-order valence-electron chi connectivity index (χ1n) is 12.0. The van der Waals surface area contributed by atoms with Crippen LogP contribution in [0.1, 0.15) is 30.5 Å². The van der Waals surface area contributed by atoms with E-state index in [4.69, 9.17) is 18.9 Å². The lowest BCUT2D eigenvalue weighted by Gasteiger charge is -2.35. The highest BCUT2D eigenvalue weighted by Gasteiger charge is 2.24. The SMILES string of the molecule is CCOc1ccc(C(CNC(=O)COc2ccc3c(c2)CCC(=O)N3)N2CCOCC2)cc1OC. The number of amides is 2. The number of hydrogen-bond donors (Lipinski definition) is 2. The molecule has 0 radical (unpaired) electrons. The molecule has 0 aromatic heterocycles. The molecule has 2 N–H and O–H groups in total. The van der Waals surface area contributed by atoms with Crippen LogP contribution < -0.4 is 24.8 Å². The number of morpholine rings is 1. The van der Waals surface area contributed by atoms with Gasteiger partial charge in [0, 0.05) is 31.7 Å². The van der Waals surface area contributed by atoms with E-state index in [1.54, 1.807) is 13.2 Å². The number of fused-ring (bicyclic) bond motifs is 1. The van der Waals surface area contributed by atoms with Gasteiger partial charge in [-0.3, -0.25) is 14.5 Å². The predicted molar refractivity (Wildman–Crippen MR) is 131 cm³/mol. The van der Waals surface area contributed by atoms with E-state index in [9.17, 15) is 9.59 Å². The van der Waals surface area contributed by atoms with Crippen molar-refractivity contribution in [1.29, 1.82) is 0 Å². The van der Waals surface area contributed by atoms with Crippen LogP contribution in [0.2, 0.25) is 0 Å². The summed E-state index contributed by atoms with van der Waals surface area (Å²) in [5.74, 6) is 1.79. The maximum absolute atomic E-state index is 12.6. The second kappa shape index (κ2) is 11.9. The number of anilines is 1. The number of rotatable bonds is 10. The number of hydrogen-bond acceptors (Lipinski definition) is 7. The summed E-state index contributed by atoms with van der Waals surface area (Å²) in [5.41, 5.74) is 2.85. The van der Waals surface area contributed by atoms with E-state index in [2.05, 4.69) is 15.5 Å². The molecule has 2 aromatic rings. The lowest BCUT2D eigenvalue weighted by Crippen LogP contribution is -2.44. The number of benzene rings is 2. The Morgan fingerprint density at radius 1 is 1.11 bits per heavy atom. The fourth-order valence-electron chi connectivity index (χ4n) is 4.37. The Labute approximate surface area is 205 Å². The molecule has 0 aliphatic carbocycles. The first-order chi connectivity index (χ1) is 17.1. The fourth-order valence-corrected chi connectivity index (χ4v) is 4.37. The molecule has 2 amide bonds. The highest BCUT2D eigenvalue weighted by Crippen LogP contribution is 2.32.